The smallest absolute Gasteiger partial charge is 0.255 e. The number of anilines is 2. The molecule has 2 amide bonds. The maximum absolute atomic E-state index is 12.9. The van der Waals surface area contributed by atoms with Crippen LogP contribution in [0.5, 0.6) is 0 Å². The van der Waals surface area contributed by atoms with Gasteiger partial charge in [0.1, 0.15) is 4.90 Å². The van der Waals surface area contributed by atoms with Crippen LogP contribution in [0, 0.1) is 0 Å². The molecule has 0 bridgehead atoms. The number of ether oxygens (including phenoxy) is 1. The summed E-state index contributed by atoms with van der Waals surface area (Å²) in [5.74, 6) is -0.500. The number of benzene rings is 2. The van der Waals surface area contributed by atoms with Crippen LogP contribution in [0.3, 0.4) is 0 Å². The van der Waals surface area contributed by atoms with Crippen molar-refractivity contribution in [2.75, 3.05) is 29.9 Å². The highest BCUT2D eigenvalue weighted by atomic mass is 35.5. The Labute approximate surface area is 191 Å². The molecule has 32 heavy (non-hydrogen) atoms. The molecule has 0 radical (unpaired) electrons. The van der Waals surface area contributed by atoms with Crippen LogP contribution >= 0.6 is 11.6 Å². The second-order valence-electron chi connectivity index (χ2n) is 7.75. The van der Waals surface area contributed by atoms with Crippen LogP contribution in [0.1, 0.15) is 36.0 Å². The maximum atomic E-state index is 12.9. The average Bonchev–Trinajstić information content (AvgIpc) is 3.44. The van der Waals surface area contributed by atoms with Gasteiger partial charge < -0.3 is 15.0 Å². The number of nitrogens with zero attached hydrogens (tertiary/aromatic N) is 1. The molecule has 170 valence electrons. The topological polar surface area (TPSA) is 105 Å². The van der Waals surface area contributed by atoms with Gasteiger partial charge in [-0.3, -0.25) is 9.59 Å². The lowest BCUT2D eigenvalue weighted by Gasteiger charge is -2.20. The van der Waals surface area contributed by atoms with Gasteiger partial charge in [0.15, 0.2) is 0 Å². The molecule has 0 aromatic heterocycles. The van der Waals surface area contributed by atoms with Crippen LogP contribution in [0.25, 0.3) is 0 Å². The van der Waals surface area contributed by atoms with Crippen LogP contribution in [0.2, 0.25) is 5.02 Å². The minimum atomic E-state index is -3.93. The Kier molecular flexibility index (Phi) is 6.80. The SMILES string of the molecule is O=C(Nc1ccccc1N1CCCC1=O)c1ccc(Cl)c(S(=O)(=O)NC[C@H]2CCCO2)c1. The Hall–Kier alpha value is -2.46. The monoisotopic (exact) mass is 477 g/mol. The molecule has 0 spiro atoms. The van der Waals surface area contributed by atoms with Crippen molar-refractivity contribution in [3.8, 4) is 0 Å². The molecule has 0 aliphatic carbocycles. The fourth-order valence-corrected chi connectivity index (χ4v) is 5.44. The Morgan fingerprint density at radius 2 is 2.00 bits per heavy atom. The van der Waals surface area contributed by atoms with Gasteiger partial charge in [-0.25, -0.2) is 13.1 Å². The largest absolute Gasteiger partial charge is 0.377 e. The highest BCUT2D eigenvalue weighted by Crippen LogP contribution is 2.30. The fourth-order valence-electron chi connectivity index (χ4n) is 3.85. The summed E-state index contributed by atoms with van der Waals surface area (Å²) in [7, 11) is -3.93. The van der Waals surface area contributed by atoms with Gasteiger partial charge in [-0.1, -0.05) is 23.7 Å². The number of hydrogen-bond donors (Lipinski definition) is 2. The zero-order chi connectivity index (χ0) is 22.7. The number of hydrogen-bond acceptors (Lipinski definition) is 5. The third-order valence-corrected chi connectivity index (χ3v) is 7.43. The highest BCUT2D eigenvalue weighted by molar-refractivity contribution is 7.89. The molecule has 8 nitrogen and oxygen atoms in total. The molecule has 2 aliphatic heterocycles. The lowest BCUT2D eigenvalue weighted by Crippen LogP contribution is -2.32. The van der Waals surface area contributed by atoms with Crippen molar-refractivity contribution in [1.29, 1.82) is 0 Å². The number of carbonyl (C=O) groups is 2. The first-order valence-corrected chi connectivity index (χ1v) is 12.3. The van der Waals surface area contributed by atoms with E-state index in [4.69, 9.17) is 16.3 Å². The van der Waals surface area contributed by atoms with Crippen LogP contribution in [0.15, 0.2) is 47.4 Å². The number of para-hydroxylation sites is 2. The van der Waals surface area contributed by atoms with Gasteiger partial charge >= 0.3 is 0 Å². The maximum Gasteiger partial charge on any atom is 0.255 e. The molecule has 4 rings (SSSR count). The summed E-state index contributed by atoms with van der Waals surface area (Å²) >= 11 is 6.14. The third-order valence-electron chi connectivity index (χ3n) is 5.52. The number of carbonyl (C=O) groups excluding carboxylic acids is 2. The van der Waals surface area contributed by atoms with Crippen LogP contribution < -0.4 is 14.9 Å². The van der Waals surface area contributed by atoms with Gasteiger partial charge in [-0.15, -0.1) is 0 Å². The minimum absolute atomic E-state index is 0.00360. The number of sulfonamides is 1. The standard InChI is InChI=1S/C22H24ClN3O5S/c23-17-10-9-15(13-20(17)32(29,30)24-14-16-5-4-12-31-16)22(28)25-18-6-1-2-7-19(18)26-11-3-8-21(26)27/h1-2,6-7,9-10,13,16,24H,3-5,8,11-12,14H2,(H,25,28)/t16-/m1/s1. The van der Waals surface area contributed by atoms with E-state index in [1.54, 1.807) is 29.2 Å². The van der Waals surface area contributed by atoms with Gasteiger partial charge in [-0.2, -0.15) is 0 Å². The number of halogens is 1. The van der Waals surface area contributed by atoms with E-state index >= 15 is 0 Å². The van der Waals surface area contributed by atoms with Gasteiger partial charge in [0, 0.05) is 31.7 Å². The molecule has 0 saturated carbocycles. The summed E-state index contributed by atoms with van der Waals surface area (Å²) < 4.78 is 33.5. The normalized spacial score (nSPS) is 18.8. The third kappa shape index (κ3) is 4.96. The van der Waals surface area contributed by atoms with Gasteiger partial charge in [-0.05, 0) is 49.6 Å². The number of rotatable bonds is 7. The van der Waals surface area contributed by atoms with E-state index in [9.17, 15) is 18.0 Å². The Bertz CT molecular complexity index is 1130. The predicted molar refractivity (Wildman–Crippen MR) is 122 cm³/mol. The van der Waals surface area contributed by atoms with E-state index in [2.05, 4.69) is 10.0 Å². The summed E-state index contributed by atoms with van der Waals surface area (Å²) in [5, 5.41) is 2.81. The van der Waals surface area contributed by atoms with Crippen molar-refractivity contribution in [2.24, 2.45) is 0 Å². The second-order valence-corrected chi connectivity index (χ2v) is 9.89. The van der Waals surface area contributed by atoms with Crippen molar-refractivity contribution in [2.45, 2.75) is 36.7 Å². The van der Waals surface area contributed by atoms with E-state index in [1.165, 1.54) is 18.2 Å². The first kappa shape index (κ1) is 22.7. The molecule has 10 heteroatoms. The van der Waals surface area contributed by atoms with E-state index < -0.39 is 15.9 Å². The molecule has 2 aromatic rings. The quantitative estimate of drug-likeness (QED) is 0.637. The summed E-state index contributed by atoms with van der Waals surface area (Å²) in [6, 6.07) is 11.1. The molecular formula is C22H24ClN3O5S. The minimum Gasteiger partial charge on any atom is -0.377 e. The lowest BCUT2D eigenvalue weighted by molar-refractivity contribution is -0.117. The molecule has 2 N–H and O–H groups in total. The van der Waals surface area contributed by atoms with Crippen molar-refractivity contribution in [3.05, 3.63) is 53.1 Å². The summed E-state index contributed by atoms with van der Waals surface area (Å²) in [4.78, 5) is 26.5. The molecule has 0 unspecified atom stereocenters. The van der Waals surface area contributed by atoms with Crippen molar-refractivity contribution < 1.29 is 22.7 Å². The van der Waals surface area contributed by atoms with Gasteiger partial charge in [0.2, 0.25) is 15.9 Å². The first-order valence-electron chi connectivity index (χ1n) is 10.5. The van der Waals surface area contributed by atoms with Crippen LogP contribution in [-0.4, -0.2) is 46.0 Å². The van der Waals surface area contributed by atoms with E-state index in [0.717, 1.165) is 19.3 Å². The van der Waals surface area contributed by atoms with Gasteiger partial charge in [0.05, 0.1) is 22.5 Å². The number of amides is 2. The fraction of sp³-hybridized carbons (Fsp3) is 0.364. The molecule has 2 aliphatic rings. The van der Waals surface area contributed by atoms with Crippen LogP contribution in [-0.2, 0) is 19.6 Å². The zero-order valence-electron chi connectivity index (χ0n) is 17.3. The Balaban J connectivity index is 1.53. The zero-order valence-corrected chi connectivity index (χ0v) is 18.9. The van der Waals surface area contributed by atoms with Crippen molar-refractivity contribution in [1.82, 2.24) is 4.72 Å². The molecule has 1 atom stereocenters. The molecule has 2 saturated heterocycles. The average molecular weight is 478 g/mol. The molecule has 2 aromatic carbocycles. The molecule has 2 heterocycles. The van der Waals surface area contributed by atoms with Crippen molar-refractivity contribution >= 4 is 44.8 Å². The number of nitrogens with one attached hydrogen (secondary N) is 2. The summed E-state index contributed by atoms with van der Waals surface area (Å²) in [6.07, 6.45) is 2.75. The van der Waals surface area contributed by atoms with E-state index in [1.807, 2.05) is 0 Å². The summed E-state index contributed by atoms with van der Waals surface area (Å²) in [5.41, 5.74) is 1.22. The van der Waals surface area contributed by atoms with Gasteiger partial charge in [0.25, 0.3) is 5.91 Å². The summed E-state index contributed by atoms with van der Waals surface area (Å²) in [6.45, 7) is 1.35. The highest BCUT2D eigenvalue weighted by Gasteiger charge is 2.26. The van der Waals surface area contributed by atoms with Crippen LogP contribution in [0.4, 0.5) is 11.4 Å². The predicted octanol–water partition coefficient (Wildman–Crippen LogP) is 3.18. The Morgan fingerprint density at radius 1 is 1.19 bits per heavy atom. The lowest BCUT2D eigenvalue weighted by atomic mass is 10.2. The molecule has 2 fully saturated rings. The van der Waals surface area contributed by atoms with E-state index in [-0.39, 0.29) is 34.0 Å². The Morgan fingerprint density at radius 3 is 2.72 bits per heavy atom. The van der Waals surface area contributed by atoms with E-state index in [0.29, 0.717) is 30.9 Å². The van der Waals surface area contributed by atoms with Crippen molar-refractivity contribution in [3.63, 3.8) is 0 Å². The second kappa shape index (κ2) is 9.58. The first-order chi connectivity index (χ1) is 15.3. The molecular weight excluding hydrogens is 454 g/mol.